The molecule has 0 aliphatic rings. The maximum absolute atomic E-state index is 14.5. The number of anilines is 2. The molecule has 1 unspecified atom stereocenters. The Balaban J connectivity index is 1.38. The summed E-state index contributed by atoms with van der Waals surface area (Å²) in [6.45, 7) is 0. The first kappa shape index (κ1) is 29.9. The number of thioether (sulfide) groups is 1. The molecule has 3 amide bonds. The SMILES string of the molecule is O=C(Nc1cccc(SC(C(=O)Nc2ccncc2)c2ccccc2)c1)/C(=C/c1ccccc1F)NC(=O)c1ccccc1. The van der Waals surface area contributed by atoms with Crippen molar-refractivity contribution in [3.63, 3.8) is 0 Å². The molecule has 3 N–H and O–H groups in total. The Bertz CT molecular complexity index is 1780. The van der Waals surface area contributed by atoms with Crippen LogP contribution in [-0.4, -0.2) is 22.7 Å². The number of rotatable bonds is 10. The normalized spacial score (nSPS) is 11.7. The third-order valence-electron chi connectivity index (χ3n) is 6.37. The molecule has 7 nitrogen and oxygen atoms in total. The third-order valence-corrected chi connectivity index (χ3v) is 7.62. The van der Waals surface area contributed by atoms with Crippen molar-refractivity contribution in [3.8, 4) is 0 Å². The summed E-state index contributed by atoms with van der Waals surface area (Å²) in [5.74, 6) is -1.92. The van der Waals surface area contributed by atoms with Gasteiger partial charge in [-0.3, -0.25) is 19.4 Å². The average molecular weight is 603 g/mol. The summed E-state index contributed by atoms with van der Waals surface area (Å²) in [4.78, 5) is 44.5. The van der Waals surface area contributed by atoms with Crippen LogP contribution < -0.4 is 16.0 Å². The van der Waals surface area contributed by atoms with E-state index in [-0.39, 0.29) is 17.2 Å². The van der Waals surface area contributed by atoms with Crippen molar-refractivity contribution in [2.75, 3.05) is 10.6 Å². The number of amides is 3. The monoisotopic (exact) mass is 602 g/mol. The van der Waals surface area contributed by atoms with Crippen LogP contribution >= 0.6 is 11.8 Å². The van der Waals surface area contributed by atoms with E-state index in [0.717, 1.165) is 10.5 Å². The Morgan fingerprint density at radius 1 is 0.727 bits per heavy atom. The van der Waals surface area contributed by atoms with E-state index < -0.39 is 22.9 Å². The highest BCUT2D eigenvalue weighted by Gasteiger charge is 2.23. The van der Waals surface area contributed by atoms with Gasteiger partial charge in [0, 0.05) is 39.8 Å². The lowest BCUT2D eigenvalue weighted by Crippen LogP contribution is -2.30. The van der Waals surface area contributed by atoms with Gasteiger partial charge in [0.05, 0.1) is 0 Å². The van der Waals surface area contributed by atoms with Gasteiger partial charge in [-0.25, -0.2) is 4.39 Å². The minimum absolute atomic E-state index is 0.138. The zero-order chi connectivity index (χ0) is 30.7. The lowest BCUT2D eigenvalue weighted by Gasteiger charge is -2.18. The zero-order valence-corrected chi connectivity index (χ0v) is 24.1. The van der Waals surface area contributed by atoms with Crippen LogP contribution in [-0.2, 0) is 9.59 Å². The molecule has 0 fully saturated rings. The lowest BCUT2D eigenvalue weighted by molar-refractivity contribution is -0.116. The van der Waals surface area contributed by atoms with Crippen molar-refractivity contribution in [2.24, 2.45) is 0 Å². The third kappa shape index (κ3) is 8.05. The number of pyridine rings is 1. The van der Waals surface area contributed by atoms with Gasteiger partial charge >= 0.3 is 0 Å². The first-order valence-electron chi connectivity index (χ1n) is 13.6. The molecule has 0 bridgehead atoms. The van der Waals surface area contributed by atoms with Crippen LogP contribution in [0.25, 0.3) is 6.08 Å². The molecule has 0 radical (unpaired) electrons. The fourth-order valence-electron chi connectivity index (χ4n) is 4.22. The Morgan fingerprint density at radius 3 is 2.14 bits per heavy atom. The summed E-state index contributed by atoms with van der Waals surface area (Å²) >= 11 is 1.32. The summed E-state index contributed by atoms with van der Waals surface area (Å²) in [5.41, 5.74) is 2.20. The molecule has 5 rings (SSSR count). The molecular formula is C35H27FN4O3S. The van der Waals surface area contributed by atoms with Crippen LogP contribution in [0.15, 0.2) is 144 Å². The van der Waals surface area contributed by atoms with E-state index in [0.29, 0.717) is 16.9 Å². The summed E-state index contributed by atoms with van der Waals surface area (Å²) in [6, 6.07) is 34.2. The van der Waals surface area contributed by atoms with Crippen molar-refractivity contribution in [3.05, 3.63) is 162 Å². The number of halogens is 1. The highest BCUT2D eigenvalue weighted by molar-refractivity contribution is 8.00. The zero-order valence-electron chi connectivity index (χ0n) is 23.3. The molecular weight excluding hydrogens is 575 g/mol. The highest BCUT2D eigenvalue weighted by Crippen LogP contribution is 2.37. The number of carbonyl (C=O) groups is 3. The molecule has 0 aliphatic carbocycles. The van der Waals surface area contributed by atoms with Crippen molar-refractivity contribution in [2.45, 2.75) is 10.1 Å². The maximum atomic E-state index is 14.5. The molecule has 1 atom stereocenters. The summed E-state index contributed by atoms with van der Waals surface area (Å²) in [6.07, 6.45) is 4.49. The van der Waals surface area contributed by atoms with Crippen molar-refractivity contribution in [1.82, 2.24) is 10.3 Å². The van der Waals surface area contributed by atoms with Gasteiger partial charge in [0.15, 0.2) is 0 Å². The van der Waals surface area contributed by atoms with Gasteiger partial charge < -0.3 is 16.0 Å². The van der Waals surface area contributed by atoms with Crippen LogP contribution in [0.1, 0.15) is 26.7 Å². The number of nitrogens with zero attached hydrogens (tertiary/aromatic N) is 1. The maximum Gasteiger partial charge on any atom is 0.272 e. The molecule has 0 saturated carbocycles. The quantitative estimate of drug-likeness (QED) is 0.117. The van der Waals surface area contributed by atoms with E-state index in [1.54, 1.807) is 79.1 Å². The van der Waals surface area contributed by atoms with E-state index >= 15 is 0 Å². The molecule has 5 aromatic rings. The second kappa shape index (κ2) is 14.6. The summed E-state index contributed by atoms with van der Waals surface area (Å²) in [5, 5.41) is 7.75. The average Bonchev–Trinajstić information content (AvgIpc) is 3.05. The minimum Gasteiger partial charge on any atom is -0.325 e. The Labute approximate surface area is 258 Å². The summed E-state index contributed by atoms with van der Waals surface area (Å²) < 4.78 is 14.5. The van der Waals surface area contributed by atoms with Gasteiger partial charge in [-0.05, 0) is 60.2 Å². The number of nitrogens with one attached hydrogen (secondary N) is 3. The topological polar surface area (TPSA) is 100 Å². The summed E-state index contributed by atoms with van der Waals surface area (Å²) in [7, 11) is 0. The van der Waals surface area contributed by atoms with E-state index in [4.69, 9.17) is 0 Å². The molecule has 0 saturated heterocycles. The molecule has 0 spiro atoms. The predicted octanol–water partition coefficient (Wildman–Crippen LogP) is 7.10. The molecule has 4 aromatic carbocycles. The Morgan fingerprint density at radius 2 is 1.41 bits per heavy atom. The number of benzene rings is 4. The lowest BCUT2D eigenvalue weighted by atomic mass is 10.1. The Hall–Kier alpha value is -5.54. The van der Waals surface area contributed by atoms with Crippen LogP contribution in [0.3, 0.4) is 0 Å². The highest BCUT2D eigenvalue weighted by atomic mass is 32.2. The van der Waals surface area contributed by atoms with Crippen molar-refractivity contribution in [1.29, 1.82) is 0 Å². The van der Waals surface area contributed by atoms with E-state index in [9.17, 15) is 18.8 Å². The van der Waals surface area contributed by atoms with E-state index in [2.05, 4.69) is 20.9 Å². The van der Waals surface area contributed by atoms with Crippen molar-refractivity contribution >= 4 is 46.9 Å². The number of hydrogen-bond acceptors (Lipinski definition) is 5. The van der Waals surface area contributed by atoms with Gasteiger partial charge in [0.1, 0.15) is 16.8 Å². The van der Waals surface area contributed by atoms with Crippen LogP contribution in [0.2, 0.25) is 0 Å². The first-order valence-corrected chi connectivity index (χ1v) is 14.5. The minimum atomic E-state index is -0.644. The van der Waals surface area contributed by atoms with Gasteiger partial charge in [0.25, 0.3) is 11.8 Å². The number of carbonyl (C=O) groups excluding carboxylic acids is 3. The van der Waals surface area contributed by atoms with E-state index in [1.807, 2.05) is 36.4 Å². The van der Waals surface area contributed by atoms with Crippen LogP contribution in [0.5, 0.6) is 0 Å². The van der Waals surface area contributed by atoms with Crippen LogP contribution in [0, 0.1) is 5.82 Å². The molecule has 44 heavy (non-hydrogen) atoms. The first-order chi connectivity index (χ1) is 21.5. The molecule has 0 aliphatic heterocycles. The predicted molar refractivity (Wildman–Crippen MR) is 171 cm³/mol. The van der Waals surface area contributed by atoms with E-state index in [1.165, 1.54) is 36.0 Å². The van der Waals surface area contributed by atoms with Gasteiger partial charge in [-0.1, -0.05) is 72.8 Å². The fourth-order valence-corrected chi connectivity index (χ4v) is 5.30. The Kier molecular flexibility index (Phi) is 9.91. The number of aromatic nitrogens is 1. The number of hydrogen-bond donors (Lipinski definition) is 3. The standard InChI is InChI=1S/C35H27FN4O3S/c36-30-17-8-7-14-26(30)22-31(40-33(41)25-12-5-2-6-13-25)34(42)39-28-15-9-16-29(23-28)44-32(24-10-3-1-4-11-24)35(43)38-27-18-20-37-21-19-27/h1-23,32H,(H,39,42)(H,40,41)(H,37,38,43)/b31-22-. The van der Waals surface area contributed by atoms with Gasteiger partial charge in [0.2, 0.25) is 5.91 Å². The molecule has 1 aromatic heterocycles. The smallest absolute Gasteiger partial charge is 0.272 e. The molecule has 1 heterocycles. The van der Waals surface area contributed by atoms with Gasteiger partial charge in [-0.2, -0.15) is 0 Å². The van der Waals surface area contributed by atoms with Crippen LogP contribution in [0.4, 0.5) is 15.8 Å². The second-order valence-electron chi connectivity index (χ2n) is 9.52. The second-order valence-corrected chi connectivity index (χ2v) is 10.7. The van der Waals surface area contributed by atoms with Gasteiger partial charge in [-0.15, -0.1) is 11.8 Å². The molecule has 9 heteroatoms. The largest absolute Gasteiger partial charge is 0.325 e. The molecule has 218 valence electrons. The van der Waals surface area contributed by atoms with Crippen molar-refractivity contribution < 1.29 is 18.8 Å². The fraction of sp³-hybridized carbons (Fsp3) is 0.0286.